The molecular formula is C14H20N2O3. The molecule has 2 rings (SSSR count). The van der Waals surface area contributed by atoms with E-state index in [0.29, 0.717) is 24.0 Å². The second kappa shape index (κ2) is 6.52. The van der Waals surface area contributed by atoms with Crippen molar-refractivity contribution >= 4 is 12.1 Å². The summed E-state index contributed by atoms with van der Waals surface area (Å²) >= 11 is 0. The van der Waals surface area contributed by atoms with Gasteiger partial charge in [-0.1, -0.05) is 0 Å². The fraction of sp³-hybridized carbons (Fsp3) is 0.571. The van der Waals surface area contributed by atoms with Crippen molar-refractivity contribution in [2.24, 2.45) is 5.92 Å². The summed E-state index contributed by atoms with van der Waals surface area (Å²) in [7, 11) is 3.78. The van der Waals surface area contributed by atoms with Gasteiger partial charge in [-0.15, -0.1) is 0 Å². The first kappa shape index (κ1) is 13.8. The fourth-order valence-electron chi connectivity index (χ4n) is 2.00. The molecule has 0 N–H and O–H groups in total. The van der Waals surface area contributed by atoms with Crippen molar-refractivity contribution in [3.63, 3.8) is 0 Å². The van der Waals surface area contributed by atoms with Crippen LogP contribution in [0.4, 0.5) is 5.82 Å². The van der Waals surface area contributed by atoms with Crippen molar-refractivity contribution in [3.8, 4) is 5.88 Å². The Labute approximate surface area is 113 Å². The second-order valence-electron chi connectivity index (χ2n) is 4.98. The van der Waals surface area contributed by atoms with Gasteiger partial charge in [0.1, 0.15) is 12.1 Å². The minimum absolute atomic E-state index is 0.512. The van der Waals surface area contributed by atoms with E-state index in [1.165, 1.54) is 0 Å². The number of anilines is 1. The number of nitrogens with zero attached hydrogens (tertiary/aromatic N) is 2. The van der Waals surface area contributed by atoms with Crippen LogP contribution in [0.15, 0.2) is 12.1 Å². The molecule has 0 aromatic carbocycles. The van der Waals surface area contributed by atoms with Crippen molar-refractivity contribution in [1.29, 1.82) is 0 Å². The summed E-state index contributed by atoms with van der Waals surface area (Å²) in [6, 6.07) is 3.42. The molecule has 0 spiro atoms. The molecule has 1 aromatic rings. The summed E-state index contributed by atoms with van der Waals surface area (Å²) in [6.07, 6.45) is 2.86. The minimum Gasteiger partial charge on any atom is -0.477 e. The Morgan fingerprint density at radius 2 is 2.16 bits per heavy atom. The van der Waals surface area contributed by atoms with Gasteiger partial charge in [-0.25, -0.2) is 0 Å². The first-order valence-corrected chi connectivity index (χ1v) is 6.54. The van der Waals surface area contributed by atoms with Crippen LogP contribution in [0.1, 0.15) is 23.2 Å². The van der Waals surface area contributed by atoms with Crippen LogP contribution in [-0.4, -0.2) is 45.2 Å². The maximum absolute atomic E-state index is 10.9. The van der Waals surface area contributed by atoms with Crippen molar-refractivity contribution in [2.75, 3.05) is 38.8 Å². The zero-order valence-corrected chi connectivity index (χ0v) is 11.5. The zero-order chi connectivity index (χ0) is 13.7. The minimum atomic E-state index is 0.512. The maximum Gasteiger partial charge on any atom is 0.215 e. The molecule has 1 aromatic heterocycles. The third kappa shape index (κ3) is 3.92. The molecule has 1 fully saturated rings. The second-order valence-corrected chi connectivity index (χ2v) is 4.98. The fourth-order valence-corrected chi connectivity index (χ4v) is 2.00. The molecule has 1 aliphatic rings. The van der Waals surface area contributed by atoms with Crippen LogP contribution in [0, 0.1) is 5.92 Å². The van der Waals surface area contributed by atoms with Crippen molar-refractivity contribution in [2.45, 2.75) is 12.8 Å². The number of hydrogen-bond donors (Lipinski definition) is 0. The van der Waals surface area contributed by atoms with Gasteiger partial charge < -0.3 is 14.4 Å². The van der Waals surface area contributed by atoms with Crippen LogP contribution in [0.25, 0.3) is 0 Å². The zero-order valence-electron chi connectivity index (χ0n) is 11.5. The smallest absolute Gasteiger partial charge is 0.215 e. The van der Waals surface area contributed by atoms with Gasteiger partial charge in [0.15, 0.2) is 0 Å². The predicted molar refractivity (Wildman–Crippen MR) is 73.0 cm³/mol. The predicted octanol–water partition coefficient (Wildman–Crippen LogP) is 1.77. The summed E-state index contributed by atoms with van der Waals surface area (Å²) in [5.74, 6) is 1.75. The molecule has 19 heavy (non-hydrogen) atoms. The van der Waals surface area contributed by atoms with Gasteiger partial charge in [0.2, 0.25) is 5.88 Å². The van der Waals surface area contributed by atoms with E-state index in [1.54, 1.807) is 12.1 Å². The monoisotopic (exact) mass is 264 g/mol. The lowest BCUT2D eigenvalue weighted by Crippen LogP contribution is -2.22. The van der Waals surface area contributed by atoms with E-state index >= 15 is 0 Å². The number of rotatable bonds is 5. The highest BCUT2D eigenvalue weighted by atomic mass is 16.5. The van der Waals surface area contributed by atoms with E-state index in [2.05, 4.69) is 4.98 Å². The number of hydrogen-bond acceptors (Lipinski definition) is 5. The summed E-state index contributed by atoms with van der Waals surface area (Å²) in [4.78, 5) is 17.2. The van der Waals surface area contributed by atoms with E-state index in [9.17, 15) is 4.79 Å². The van der Waals surface area contributed by atoms with Gasteiger partial charge in [-0.3, -0.25) is 4.79 Å². The lowest BCUT2D eigenvalue weighted by Gasteiger charge is -2.22. The quantitative estimate of drug-likeness (QED) is 0.759. The molecule has 0 aliphatic carbocycles. The number of ether oxygens (including phenoxy) is 2. The van der Waals surface area contributed by atoms with E-state index < -0.39 is 0 Å². The third-order valence-electron chi connectivity index (χ3n) is 3.21. The lowest BCUT2D eigenvalue weighted by atomic mass is 10.0. The molecular weight excluding hydrogens is 244 g/mol. The number of aldehydes is 1. The molecule has 5 heteroatoms. The molecule has 1 saturated heterocycles. The van der Waals surface area contributed by atoms with E-state index in [-0.39, 0.29) is 0 Å². The topological polar surface area (TPSA) is 51.7 Å². The summed E-state index contributed by atoms with van der Waals surface area (Å²) in [5, 5.41) is 0. The molecule has 5 nitrogen and oxygen atoms in total. The summed E-state index contributed by atoms with van der Waals surface area (Å²) < 4.78 is 11.0. The van der Waals surface area contributed by atoms with Crippen LogP contribution < -0.4 is 9.64 Å². The van der Waals surface area contributed by atoms with Gasteiger partial charge in [-0.05, 0) is 24.8 Å². The molecule has 104 valence electrons. The van der Waals surface area contributed by atoms with Crippen LogP contribution in [-0.2, 0) is 4.74 Å². The number of pyridine rings is 1. The third-order valence-corrected chi connectivity index (χ3v) is 3.21. The average molecular weight is 264 g/mol. The SMILES string of the molecule is CN(C)c1cc(C=O)cc(OCC2CCOCC2)n1. The Kier molecular flexibility index (Phi) is 4.74. The van der Waals surface area contributed by atoms with Gasteiger partial charge in [0, 0.05) is 38.9 Å². The number of carbonyl (C=O) groups is 1. The van der Waals surface area contributed by atoms with Gasteiger partial charge in [0.25, 0.3) is 0 Å². The van der Waals surface area contributed by atoms with Crippen LogP contribution in [0.2, 0.25) is 0 Å². The van der Waals surface area contributed by atoms with Crippen molar-refractivity contribution in [3.05, 3.63) is 17.7 Å². The standard InChI is InChI=1S/C14H20N2O3/c1-16(2)13-7-12(9-17)8-14(15-13)19-10-11-3-5-18-6-4-11/h7-9,11H,3-6,10H2,1-2H3. The number of aromatic nitrogens is 1. The van der Waals surface area contributed by atoms with Gasteiger partial charge in [-0.2, -0.15) is 4.98 Å². The summed E-state index contributed by atoms with van der Waals surface area (Å²) in [5.41, 5.74) is 0.584. The van der Waals surface area contributed by atoms with Crippen LogP contribution in [0.3, 0.4) is 0 Å². The summed E-state index contributed by atoms with van der Waals surface area (Å²) in [6.45, 7) is 2.24. The Bertz CT molecular complexity index is 429. The molecule has 1 aliphatic heterocycles. The lowest BCUT2D eigenvalue weighted by molar-refractivity contribution is 0.0490. The normalized spacial score (nSPS) is 16.1. The van der Waals surface area contributed by atoms with E-state index in [1.807, 2.05) is 19.0 Å². The van der Waals surface area contributed by atoms with Crippen LogP contribution in [0.5, 0.6) is 5.88 Å². The molecule has 0 amide bonds. The highest BCUT2D eigenvalue weighted by molar-refractivity contribution is 5.77. The van der Waals surface area contributed by atoms with Crippen molar-refractivity contribution in [1.82, 2.24) is 4.98 Å². The molecule has 0 unspecified atom stereocenters. The van der Waals surface area contributed by atoms with Gasteiger partial charge >= 0.3 is 0 Å². The highest BCUT2D eigenvalue weighted by Crippen LogP contribution is 2.20. The molecule has 0 saturated carbocycles. The van der Waals surface area contributed by atoms with E-state index in [4.69, 9.17) is 9.47 Å². The van der Waals surface area contributed by atoms with Crippen LogP contribution >= 0.6 is 0 Å². The molecule has 0 bridgehead atoms. The first-order valence-electron chi connectivity index (χ1n) is 6.54. The Balaban J connectivity index is 2.01. The Morgan fingerprint density at radius 3 is 2.79 bits per heavy atom. The first-order chi connectivity index (χ1) is 9.19. The van der Waals surface area contributed by atoms with Gasteiger partial charge in [0.05, 0.1) is 6.61 Å². The number of carbonyl (C=O) groups excluding carboxylic acids is 1. The molecule has 0 radical (unpaired) electrons. The molecule has 2 heterocycles. The highest BCUT2D eigenvalue weighted by Gasteiger charge is 2.15. The largest absolute Gasteiger partial charge is 0.477 e. The Morgan fingerprint density at radius 1 is 1.42 bits per heavy atom. The maximum atomic E-state index is 10.9. The average Bonchev–Trinajstić information content (AvgIpc) is 2.45. The van der Waals surface area contributed by atoms with E-state index in [0.717, 1.165) is 38.2 Å². The van der Waals surface area contributed by atoms with Crippen molar-refractivity contribution < 1.29 is 14.3 Å². The molecule has 0 atom stereocenters. The Hall–Kier alpha value is -1.62.